The number of anilines is 1. The summed E-state index contributed by atoms with van der Waals surface area (Å²) in [7, 11) is 0. The molecule has 0 bridgehead atoms. The van der Waals surface area contributed by atoms with Crippen LogP contribution in [0.1, 0.15) is 30.2 Å². The first kappa shape index (κ1) is 13.4. The Kier molecular flexibility index (Phi) is 4.60. The van der Waals surface area contributed by atoms with Crippen molar-refractivity contribution in [2.45, 2.75) is 30.4 Å². The molecule has 0 fully saturated rings. The summed E-state index contributed by atoms with van der Waals surface area (Å²) >= 11 is 3.37. The minimum absolute atomic E-state index is 0.396. The van der Waals surface area contributed by atoms with Gasteiger partial charge in [0.1, 0.15) is 0 Å². The third-order valence-corrected chi connectivity index (χ3v) is 4.65. The maximum Gasteiger partial charge on any atom is 0.206 e. The number of thioether (sulfide) groups is 1. The Morgan fingerprint density at radius 2 is 2.22 bits per heavy atom. The molecule has 0 spiro atoms. The zero-order valence-electron chi connectivity index (χ0n) is 10.8. The third kappa shape index (κ3) is 3.46. The van der Waals surface area contributed by atoms with Crippen molar-refractivity contribution in [1.29, 1.82) is 0 Å². The van der Waals surface area contributed by atoms with Gasteiger partial charge in [-0.25, -0.2) is 0 Å². The highest BCUT2D eigenvalue weighted by Gasteiger charge is 2.11. The molecule has 3 nitrogen and oxygen atoms in total. The zero-order valence-corrected chi connectivity index (χ0v) is 12.4. The molecule has 5 heteroatoms. The minimum atomic E-state index is 0.396. The van der Waals surface area contributed by atoms with E-state index in [-0.39, 0.29) is 0 Å². The molecule has 0 aliphatic heterocycles. The largest absolute Gasteiger partial charge is 0.360 e. The van der Waals surface area contributed by atoms with Crippen LogP contribution in [0.25, 0.3) is 0 Å². The van der Waals surface area contributed by atoms with E-state index in [1.54, 1.807) is 23.1 Å². The average Bonchev–Trinajstić information content (AvgIpc) is 2.77. The van der Waals surface area contributed by atoms with Gasteiger partial charge in [-0.1, -0.05) is 52.9 Å². The molecular weight excluding hydrogens is 262 g/mol. The highest BCUT2D eigenvalue weighted by molar-refractivity contribution is 8.01. The lowest BCUT2D eigenvalue weighted by atomic mass is 10.1. The predicted octanol–water partition coefficient (Wildman–Crippen LogP) is 4.13. The molecule has 2 aromatic rings. The van der Waals surface area contributed by atoms with E-state index in [2.05, 4.69) is 60.6 Å². The second-order valence-electron chi connectivity index (χ2n) is 4.08. The van der Waals surface area contributed by atoms with E-state index in [9.17, 15) is 0 Å². The lowest BCUT2D eigenvalue weighted by Gasteiger charge is -2.09. The van der Waals surface area contributed by atoms with E-state index in [0.29, 0.717) is 5.25 Å². The Hall–Kier alpha value is -1.07. The fourth-order valence-corrected chi connectivity index (χ4v) is 3.70. The van der Waals surface area contributed by atoms with E-state index < -0.39 is 0 Å². The lowest BCUT2D eigenvalue weighted by Crippen LogP contribution is -1.94. The van der Waals surface area contributed by atoms with E-state index in [1.165, 1.54) is 11.1 Å². The topological polar surface area (TPSA) is 37.8 Å². The maximum absolute atomic E-state index is 4.19. The quantitative estimate of drug-likeness (QED) is 0.835. The first-order chi connectivity index (χ1) is 8.69. The predicted molar refractivity (Wildman–Crippen MR) is 79.5 cm³/mol. The van der Waals surface area contributed by atoms with Crippen molar-refractivity contribution in [3.05, 3.63) is 35.4 Å². The molecule has 0 radical (unpaired) electrons. The van der Waals surface area contributed by atoms with Crippen LogP contribution in [0.4, 0.5) is 5.13 Å². The molecule has 1 unspecified atom stereocenters. The van der Waals surface area contributed by atoms with Crippen LogP contribution >= 0.6 is 23.1 Å². The van der Waals surface area contributed by atoms with Gasteiger partial charge in [0.15, 0.2) is 4.34 Å². The summed E-state index contributed by atoms with van der Waals surface area (Å²) < 4.78 is 1.01. The number of hydrogen-bond donors (Lipinski definition) is 1. The van der Waals surface area contributed by atoms with Crippen LogP contribution in [0.15, 0.2) is 28.6 Å². The van der Waals surface area contributed by atoms with Crippen LogP contribution in [-0.2, 0) is 0 Å². The van der Waals surface area contributed by atoms with Crippen LogP contribution in [0.3, 0.4) is 0 Å². The number of hydrogen-bond acceptors (Lipinski definition) is 5. The molecule has 0 saturated carbocycles. The second-order valence-corrected chi connectivity index (χ2v) is 6.64. The first-order valence-electron chi connectivity index (χ1n) is 5.99. The SMILES string of the molecule is CCNc1nnc(SC(C)c2cccc(C)c2)s1. The molecule has 96 valence electrons. The fourth-order valence-electron chi connectivity index (χ4n) is 1.62. The normalized spacial score (nSPS) is 12.4. The van der Waals surface area contributed by atoms with Crippen molar-refractivity contribution in [3.63, 3.8) is 0 Å². The first-order valence-corrected chi connectivity index (χ1v) is 7.69. The number of aryl methyl sites for hydroxylation is 1. The molecule has 0 aliphatic carbocycles. The highest BCUT2D eigenvalue weighted by Crippen LogP contribution is 2.37. The molecular formula is C13H17N3S2. The molecule has 1 heterocycles. The molecule has 18 heavy (non-hydrogen) atoms. The van der Waals surface area contributed by atoms with Crippen LogP contribution in [0, 0.1) is 6.92 Å². The average molecular weight is 279 g/mol. The van der Waals surface area contributed by atoms with Crippen molar-refractivity contribution in [2.24, 2.45) is 0 Å². The van der Waals surface area contributed by atoms with Crippen LogP contribution in [-0.4, -0.2) is 16.7 Å². The Labute approximate surface area is 116 Å². The second kappa shape index (κ2) is 6.20. The van der Waals surface area contributed by atoms with E-state index in [4.69, 9.17) is 0 Å². The summed E-state index contributed by atoms with van der Waals surface area (Å²) in [5.74, 6) is 0. The summed E-state index contributed by atoms with van der Waals surface area (Å²) in [5.41, 5.74) is 2.63. The Morgan fingerprint density at radius 3 is 2.94 bits per heavy atom. The maximum atomic E-state index is 4.19. The van der Waals surface area contributed by atoms with Gasteiger partial charge >= 0.3 is 0 Å². The molecule has 2 rings (SSSR count). The van der Waals surface area contributed by atoms with Gasteiger partial charge in [0, 0.05) is 11.8 Å². The fraction of sp³-hybridized carbons (Fsp3) is 0.385. The van der Waals surface area contributed by atoms with Crippen molar-refractivity contribution in [1.82, 2.24) is 10.2 Å². The Morgan fingerprint density at radius 1 is 1.39 bits per heavy atom. The smallest absolute Gasteiger partial charge is 0.206 e. The number of nitrogens with one attached hydrogen (secondary N) is 1. The van der Waals surface area contributed by atoms with Crippen LogP contribution in [0.2, 0.25) is 0 Å². The number of aromatic nitrogens is 2. The minimum Gasteiger partial charge on any atom is -0.360 e. The van der Waals surface area contributed by atoms with Crippen molar-refractivity contribution >= 4 is 28.2 Å². The van der Waals surface area contributed by atoms with Crippen LogP contribution in [0.5, 0.6) is 0 Å². The van der Waals surface area contributed by atoms with Gasteiger partial charge in [0.05, 0.1) is 0 Å². The molecule has 1 atom stereocenters. The van der Waals surface area contributed by atoms with Crippen molar-refractivity contribution in [2.75, 3.05) is 11.9 Å². The summed E-state index contributed by atoms with van der Waals surface area (Å²) in [6.45, 7) is 7.26. The van der Waals surface area contributed by atoms with Crippen LogP contribution < -0.4 is 5.32 Å². The summed E-state index contributed by atoms with van der Waals surface area (Å²) in [4.78, 5) is 0. The van der Waals surface area contributed by atoms with Gasteiger partial charge < -0.3 is 5.32 Å². The number of rotatable bonds is 5. The van der Waals surface area contributed by atoms with Gasteiger partial charge in [0.25, 0.3) is 0 Å². The van der Waals surface area contributed by atoms with Crippen molar-refractivity contribution in [3.8, 4) is 0 Å². The summed E-state index contributed by atoms with van der Waals surface area (Å²) in [6.07, 6.45) is 0. The standard InChI is InChI=1S/C13H17N3S2/c1-4-14-12-15-16-13(18-12)17-10(3)11-7-5-6-9(2)8-11/h5-8,10H,4H2,1-3H3,(H,14,15). The highest BCUT2D eigenvalue weighted by atomic mass is 32.2. The molecule has 1 N–H and O–H groups in total. The molecule has 0 amide bonds. The van der Waals surface area contributed by atoms with Gasteiger partial charge in [-0.05, 0) is 26.3 Å². The molecule has 1 aromatic heterocycles. The summed E-state index contributed by atoms with van der Waals surface area (Å²) in [5, 5.41) is 12.8. The Balaban J connectivity index is 2.04. The lowest BCUT2D eigenvalue weighted by molar-refractivity contribution is 0.992. The summed E-state index contributed by atoms with van der Waals surface area (Å²) in [6, 6.07) is 8.61. The third-order valence-electron chi connectivity index (χ3n) is 2.52. The monoisotopic (exact) mass is 279 g/mol. The Bertz CT molecular complexity index is 510. The number of nitrogens with zero attached hydrogens (tertiary/aromatic N) is 2. The van der Waals surface area contributed by atoms with Gasteiger partial charge in [0.2, 0.25) is 5.13 Å². The number of benzene rings is 1. The van der Waals surface area contributed by atoms with E-state index >= 15 is 0 Å². The van der Waals surface area contributed by atoms with E-state index in [0.717, 1.165) is 16.0 Å². The van der Waals surface area contributed by atoms with E-state index in [1.807, 2.05) is 0 Å². The van der Waals surface area contributed by atoms with Gasteiger partial charge in [-0.15, -0.1) is 10.2 Å². The van der Waals surface area contributed by atoms with Gasteiger partial charge in [-0.3, -0.25) is 0 Å². The molecule has 0 saturated heterocycles. The van der Waals surface area contributed by atoms with Gasteiger partial charge in [-0.2, -0.15) is 0 Å². The zero-order chi connectivity index (χ0) is 13.0. The molecule has 0 aliphatic rings. The van der Waals surface area contributed by atoms with Crippen molar-refractivity contribution < 1.29 is 0 Å². The molecule has 1 aromatic carbocycles.